The Morgan fingerprint density at radius 1 is 1.44 bits per heavy atom. The van der Waals surface area contributed by atoms with E-state index >= 15 is 0 Å². The molecule has 0 spiro atoms. The Hall–Kier alpha value is -1.62. The highest BCUT2D eigenvalue weighted by atomic mass is 35.5. The first kappa shape index (κ1) is 12.4. The number of amides is 1. The molecule has 0 fully saturated rings. The van der Waals surface area contributed by atoms with E-state index in [1.807, 2.05) is 0 Å². The maximum atomic E-state index is 11.1. The van der Waals surface area contributed by atoms with Crippen molar-refractivity contribution in [3.63, 3.8) is 0 Å². The van der Waals surface area contributed by atoms with Crippen molar-refractivity contribution >= 4 is 28.9 Å². The van der Waals surface area contributed by atoms with Gasteiger partial charge in [-0.15, -0.1) is 11.6 Å². The van der Waals surface area contributed by atoms with Gasteiger partial charge in [0.05, 0.1) is 10.6 Å². The summed E-state index contributed by atoms with van der Waals surface area (Å²) in [6.07, 6.45) is 0. The zero-order chi connectivity index (χ0) is 12.3. The van der Waals surface area contributed by atoms with Gasteiger partial charge in [0.1, 0.15) is 5.88 Å². The molecule has 0 aromatic heterocycles. The number of carbonyl (C=O) groups excluding carboxylic acids is 1. The van der Waals surface area contributed by atoms with Crippen LogP contribution in [-0.2, 0) is 4.79 Å². The van der Waals surface area contributed by atoms with Gasteiger partial charge in [-0.1, -0.05) is 0 Å². The molecule has 0 heterocycles. The fourth-order valence-electron chi connectivity index (χ4n) is 1.36. The van der Waals surface area contributed by atoms with E-state index in [9.17, 15) is 14.9 Å². The van der Waals surface area contributed by atoms with E-state index in [0.717, 1.165) is 5.56 Å². The molecule has 0 aliphatic rings. The third-order valence-electron chi connectivity index (χ3n) is 2.14. The highest BCUT2D eigenvalue weighted by Gasteiger charge is 2.14. The first-order chi connectivity index (χ1) is 7.45. The molecule has 0 aliphatic carbocycles. The van der Waals surface area contributed by atoms with E-state index in [-0.39, 0.29) is 17.5 Å². The van der Waals surface area contributed by atoms with Crippen molar-refractivity contribution in [2.45, 2.75) is 13.8 Å². The summed E-state index contributed by atoms with van der Waals surface area (Å²) in [4.78, 5) is 21.3. The number of nitrogens with zero attached hydrogens (tertiary/aromatic N) is 1. The number of hydrogen-bond donors (Lipinski definition) is 1. The number of benzene rings is 1. The summed E-state index contributed by atoms with van der Waals surface area (Å²) >= 11 is 5.34. The van der Waals surface area contributed by atoms with Gasteiger partial charge in [0.2, 0.25) is 5.91 Å². The lowest BCUT2D eigenvalue weighted by molar-refractivity contribution is -0.385. The minimum Gasteiger partial charge on any atom is -0.325 e. The summed E-state index contributed by atoms with van der Waals surface area (Å²) in [6.45, 7) is 3.42. The topological polar surface area (TPSA) is 72.2 Å². The van der Waals surface area contributed by atoms with E-state index in [1.165, 1.54) is 6.07 Å². The van der Waals surface area contributed by atoms with Crippen LogP contribution in [-0.4, -0.2) is 16.7 Å². The van der Waals surface area contributed by atoms with E-state index in [4.69, 9.17) is 11.6 Å². The Labute approximate surface area is 97.6 Å². The zero-order valence-corrected chi connectivity index (χ0v) is 9.67. The highest BCUT2D eigenvalue weighted by molar-refractivity contribution is 6.29. The van der Waals surface area contributed by atoms with Crippen LogP contribution in [0, 0.1) is 24.0 Å². The molecule has 86 valence electrons. The lowest BCUT2D eigenvalue weighted by atomic mass is 10.1. The van der Waals surface area contributed by atoms with Crippen molar-refractivity contribution in [2.75, 3.05) is 11.2 Å². The van der Waals surface area contributed by atoms with Gasteiger partial charge in [-0.3, -0.25) is 14.9 Å². The van der Waals surface area contributed by atoms with Crippen LogP contribution in [0.15, 0.2) is 12.1 Å². The number of hydrogen-bond acceptors (Lipinski definition) is 3. The van der Waals surface area contributed by atoms with Crippen molar-refractivity contribution in [2.24, 2.45) is 0 Å². The molecule has 0 saturated carbocycles. The molecule has 0 bridgehead atoms. The third-order valence-corrected chi connectivity index (χ3v) is 2.38. The molecule has 1 rings (SSSR count). The summed E-state index contributed by atoms with van der Waals surface area (Å²) < 4.78 is 0. The van der Waals surface area contributed by atoms with Crippen LogP contribution in [0.5, 0.6) is 0 Å². The van der Waals surface area contributed by atoms with E-state index in [0.29, 0.717) is 11.3 Å². The summed E-state index contributed by atoms with van der Waals surface area (Å²) in [5.41, 5.74) is 1.73. The number of nitro benzene ring substituents is 1. The first-order valence-electron chi connectivity index (χ1n) is 4.57. The molecule has 5 nitrogen and oxygen atoms in total. The average Bonchev–Trinajstić information content (AvgIpc) is 2.21. The highest BCUT2D eigenvalue weighted by Crippen LogP contribution is 2.26. The molecule has 1 amide bonds. The van der Waals surface area contributed by atoms with Gasteiger partial charge in [-0.05, 0) is 25.5 Å². The molecule has 0 radical (unpaired) electrons. The molecule has 1 aromatic carbocycles. The van der Waals surface area contributed by atoms with Crippen LogP contribution >= 0.6 is 11.6 Å². The zero-order valence-electron chi connectivity index (χ0n) is 8.91. The maximum Gasteiger partial charge on any atom is 0.274 e. The number of aryl methyl sites for hydroxylation is 2. The predicted molar refractivity (Wildman–Crippen MR) is 61.9 cm³/mol. The molecule has 1 N–H and O–H groups in total. The smallest absolute Gasteiger partial charge is 0.274 e. The molecule has 0 unspecified atom stereocenters. The standard InChI is InChI=1S/C10H11ClN2O3/c1-6-3-7(2)9(13(15)16)4-8(6)12-10(14)5-11/h3-4H,5H2,1-2H3,(H,12,14). The fourth-order valence-corrected chi connectivity index (χ4v) is 1.42. The van der Waals surface area contributed by atoms with Crippen LogP contribution in [0.4, 0.5) is 11.4 Å². The van der Waals surface area contributed by atoms with Crippen molar-refractivity contribution in [1.82, 2.24) is 0 Å². The van der Waals surface area contributed by atoms with E-state index in [1.54, 1.807) is 19.9 Å². The molecule has 16 heavy (non-hydrogen) atoms. The Kier molecular flexibility index (Phi) is 3.84. The number of halogens is 1. The quantitative estimate of drug-likeness (QED) is 0.503. The second-order valence-electron chi connectivity index (χ2n) is 3.39. The van der Waals surface area contributed by atoms with Gasteiger partial charge in [0.15, 0.2) is 0 Å². The number of anilines is 1. The Morgan fingerprint density at radius 2 is 2.06 bits per heavy atom. The molecule has 0 atom stereocenters. The Balaban J connectivity index is 3.14. The number of rotatable bonds is 3. The fraction of sp³-hybridized carbons (Fsp3) is 0.300. The number of alkyl halides is 1. The van der Waals surface area contributed by atoms with Crippen LogP contribution in [0.25, 0.3) is 0 Å². The largest absolute Gasteiger partial charge is 0.325 e. The van der Waals surface area contributed by atoms with Gasteiger partial charge >= 0.3 is 0 Å². The van der Waals surface area contributed by atoms with Crippen molar-refractivity contribution in [3.05, 3.63) is 33.4 Å². The molecule has 0 aliphatic heterocycles. The normalized spacial score (nSPS) is 9.94. The van der Waals surface area contributed by atoms with Crippen molar-refractivity contribution < 1.29 is 9.72 Å². The van der Waals surface area contributed by atoms with Crippen LogP contribution in [0.1, 0.15) is 11.1 Å². The number of nitro groups is 1. The second kappa shape index (κ2) is 4.94. The van der Waals surface area contributed by atoms with E-state index < -0.39 is 4.92 Å². The summed E-state index contributed by atoms with van der Waals surface area (Å²) in [7, 11) is 0. The summed E-state index contributed by atoms with van der Waals surface area (Å²) in [5.74, 6) is -0.566. The average molecular weight is 243 g/mol. The van der Waals surface area contributed by atoms with Gasteiger partial charge in [0.25, 0.3) is 5.69 Å². The van der Waals surface area contributed by atoms with E-state index in [2.05, 4.69) is 5.32 Å². The number of nitrogens with one attached hydrogen (secondary N) is 1. The number of carbonyl (C=O) groups is 1. The van der Waals surface area contributed by atoms with Gasteiger partial charge in [0, 0.05) is 11.6 Å². The maximum absolute atomic E-state index is 11.1. The molecular formula is C10H11ClN2O3. The molecule has 6 heteroatoms. The predicted octanol–water partition coefficient (Wildman–Crippen LogP) is 2.39. The Bertz CT molecular complexity index is 446. The van der Waals surface area contributed by atoms with Crippen molar-refractivity contribution in [3.8, 4) is 0 Å². The van der Waals surface area contributed by atoms with Crippen LogP contribution < -0.4 is 5.32 Å². The van der Waals surface area contributed by atoms with Crippen LogP contribution in [0.2, 0.25) is 0 Å². The molecular weight excluding hydrogens is 232 g/mol. The summed E-state index contributed by atoms with van der Waals surface area (Å²) in [6, 6.07) is 3.00. The first-order valence-corrected chi connectivity index (χ1v) is 5.10. The lowest BCUT2D eigenvalue weighted by Gasteiger charge is -2.08. The van der Waals surface area contributed by atoms with Gasteiger partial charge in [-0.25, -0.2) is 0 Å². The minimum atomic E-state index is -0.481. The third kappa shape index (κ3) is 2.70. The monoisotopic (exact) mass is 242 g/mol. The van der Waals surface area contributed by atoms with Crippen molar-refractivity contribution in [1.29, 1.82) is 0 Å². The van der Waals surface area contributed by atoms with Gasteiger partial charge < -0.3 is 5.32 Å². The van der Waals surface area contributed by atoms with Gasteiger partial charge in [-0.2, -0.15) is 0 Å². The van der Waals surface area contributed by atoms with Crippen LogP contribution in [0.3, 0.4) is 0 Å². The minimum absolute atomic E-state index is 0.0181. The molecule has 0 saturated heterocycles. The second-order valence-corrected chi connectivity index (χ2v) is 3.66. The summed E-state index contributed by atoms with van der Waals surface area (Å²) in [5, 5.41) is 13.2. The lowest BCUT2D eigenvalue weighted by Crippen LogP contribution is -2.13. The SMILES string of the molecule is Cc1cc(C)c([N+](=O)[O-])cc1NC(=O)CCl. The Morgan fingerprint density at radius 3 is 2.56 bits per heavy atom. The molecule has 1 aromatic rings.